The number of aromatic nitrogens is 1. The summed E-state index contributed by atoms with van der Waals surface area (Å²) < 4.78 is 37.4. The summed E-state index contributed by atoms with van der Waals surface area (Å²) >= 11 is 1.50. The molecule has 0 amide bonds. The van der Waals surface area contributed by atoms with Crippen molar-refractivity contribution in [3.8, 4) is 0 Å². The molecule has 2 aromatic rings. The second kappa shape index (κ2) is 7.79. The van der Waals surface area contributed by atoms with Gasteiger partial charge < -0.3 is 9.45 Å². The molecule has 10 heteroatoms. The molecule has 1 heterocycles. The maximum Gasteiger partial charge on any atom is 0.408 e. The summed E-state index contributed by atoms with van der Waals surface area (Å²) in [4.78, 5) is 1.79. The average molecular weight is 370 g/mol. The molecule has 0 saturated heterocycles. The third kappa shape index (κ3) is 5.34. The minimum atomic E-state index is -4.65. The molecule has 1 aromatic heterocycles. The average Bonchev–Trinajstić information content (AvgIpc) is 2.90. The zero-order valence-corrected chi connectivity index (χ0v) is 15.2. The molecule has 0 unspecified atom stereocenters. The minimum absolute atomic E-state index is 0.197. The van der Waals surface area contributed by atoms with E-state index in [9.17, 15) is 13.0 Å². The molecular formula is C14H18N4O4S2. The molecule has 1 aromatic carbocycles. The van der Waals surface area contributed by atoms with E-state index in [1.165, 1.54) is 11.3 Å². The second-order valence-electron chi connectivity index (χ2n) is 5.12. The summed E-state index contributed by atoms with van der Waals surface area (Å²) in [5.74, 6) is 0. The highest BCUT2D eigenvalue weighted by molar-refractivity contribution is 7.80. The maximum absolute atomic E-state index is 10.4. The normalized spacial score (nSPS) is 12.0. The first-order valence-electron chi connectivity index (χ1n) is 7.03. The zero-order valence-electron chi connectivity index (χ0n) is 13.5. The number of hydrogen-bond donors (Lipinski definition) is 0. The fourth-order valence-corrected chi connectivity index (χ4v) is 2.87. The van der Waals surface area contributed by atoms with Crippen LogP contribution in [0.25, 0.3) is 0 Å². The van der Waals surface area contributed by atoms with Gasteiger partial charge in [0.2, 0.25) is 10.4 Å². The predicted octanol–water partition coefficient (Wildman–Crippen LogP) is 2.21. The van der Waals surface area contributed by atoms with Gasteiger partial charge in [0.05, 0.1) is 18.8 Å². The van der Waals surface area contributed by atoms with E-state index in [0.29, 0.717) is 0 Å². The van der Waals surface area contributed by atoms with Gasteiger partial charge in [0.15, 0.2) is 0 Å². The first-order valence-corrected chi connectivity index (χ1v) is 9.24. The number of nitrogens with zero attached hydrogens (tertiary/aromatic N) is 4. The highest BCUT2D eigenvalue weighted by Gasteiger charge is 2.09. The first kappa shape index (κ1) is 18.5. The lowest BCUT2D eigenvalue weighted by Gasteiger charge is -2.20. The van der Waals surface area contributed by atoms with Crippen LogP contribution in [0.15, 0.2) is 40.0 Å². The Hall–Kier alpha value is -1.88. The molecule has 0 saturated carbocycles. The van der Waals surface area contributed by atoms with Gasteiger partial charge in [0.25, 0.3) is 0 Å². The van der Waals surface area contributed by atoms with E-state index in [4.69, 9.17) is 0 Å². The Morgan fingerprint density at radius 3 is 2.71 bits per heavy atom. The van der Waals surface area contributed by atoms with Crippen molar-refractivity contribution in [1.82, 2.24) is 0 Å². The van der Waals surface area contributed by atoms with Crippen molar-refractivity contribution in [3.63, 3.8) is 0 Å². The van der Waals surface area contributed by atoms with Gasteiger partial charge in [-0.15, -0.1) is 0 Å². The molecule has 130 valence electrons. The number of rotatable bonds is 7. The fraction of sp³-hybridized carbons (Fsp3) is 0.357. The number of azo groups is 1. The summed E-state index contributed by atoms with van der Waals surface area (Å²) in [5.41, 5.74) is 2.54. The predicted molar refractivity (Wildman–Crippen MR) is 89.8 cm³/mol. The zero-order chi connectivity index (χ0) is 17.7. The molecule has 0 radical (unpaired) electrons. The molecule has 0 aliphatic carbocycles. The van der Waals surface area contributed by atoms with Gasteiger partial charge in [-0.2, -0.15) is 0 Å². The molecule has 0 atom stereocenters. The second-order valence-corrected chi connectivity index (χ2v) is 7.04. The van der Waals surface area contributed by atoms with E-state index in [-0.39, 0.29) is 13.2 Å². The number of anilines is 1. The van der Waals surface area contributed by atoms with Crippen LogP contribution in [0.3, 0.4) is 0 Å². The van der Waals surface area contributed by atoms with Gasteiger partial charge in [-0.3, -0.25) is 4.18 Å². The van der Waals surface area contributed by atoms with E-state index in [1.807, 2.05) is 48.3 Å². The van der Waals surface area contributed by atoms with Crippen LogP contribution in [-0.4, -0.2) is 33.2 Å². The van der Waals surface area contributed by atoms with Crippen LogP contribution >= 0.6 is 11.3 Å². The van der Waals surface area contributed by atoms with Crippen LogP contribution in [-0.2, 0) is 21.6 Å². The lowest BCUT2D eigenvalue weighted by Crippen LogP contribution is -2.23. The Morgan fingerprint density at radius 1 is 1.38 bits per heavy atom. The molecule has 0 N–H and O–H groups in total. The molecule has 0 aliphatic heterocycles. The quantitative estimate of drug-likeness (QED) is 0.322. The number of likely N-dealkylation sites (N-methyl/N-ethyl adjacent to an activating group) is 1. The SMILES string of the molecule is Cc1cc(N(C)CCOS(=O)(=O)[O-])ccc1N=Nc1scc[n+]1C. The van der Waals surface area contributed by atoms with Gasteiger partial charge >= 0.3 is 5.13 Å². The minimum Gasteiger partial charge on any atom is -0.726 e. The van der Waals surface area contributed by atoms with Crippen LogP contribution in [0.2, 0.25) is 0 Å². The number of thiazole rings is 1. The summed E-state index contributed by atoms with van der Waals surface area (Å²) in [6.07, 6.45) is 1.91. The molecular weight excluding hydrogens is 352 g/mol. The van der Waals surface area contributed by atoms with Crippen LogP contribution < -0.4 is 9.47 Å². The molecule has 24 heavy (non-hydrogen) atoms. The van der Waals surface area contributed by atoms with E-state index >= 15 is 0 Å². The monoisotopic (exact) mass is 370 g/mol. The van der Waals surface area contributed by atoms with E-state index < -0.39 is 10.4 Å². The van der Waals surface area contributed by atoms with E-state index in [0.717, 1.165) is 22.1 Å². The van der Waals surface area contributed by atoms with E-state index in [1.54, 1.807) is 11.9 Å². The molecule has 0 bridgehead atoms. The summed E-state index contributed by atoms with van der Waals surface area (Å²) in [7, 11) is -0.971. The van der Waals surface area contributed by atoms with Crippen LogP contribution in [0.5, 0.6) is 0 Å². The molecule has 8 nitrogen and oxygen atoms in total. The Bertz CT molecular complexity index is 833. The molecule has 2 rings (SSSR count). The molecule has 0 fully saturated rings. The Labute approximate surface area is 145 Å². The van der Waals surface area contributed by atoms with Crippen LogP contribution in [0.1, 0.15) is 5.56 Å². The smallest absolute Gasteiger partial charge is 0.408 e. The first-order chi connectivity index (χ1) is 11.3. The van der Waals surface area contributed by atoms with Gasteiger partial charge in [-0.25, -0.2) is 13.0 Å². The lowest BCUT2D eigenvalue weighted by molar-refractivity contribution is -0.654. The third-order valence-electron chi connectivity index (χ3n) is 3.28. The highest BCUT2D eigenvalue weighted by Crippen LogP contribution is 2.26. The number of benzene rings is 1. The van der Waals surface area contributed by atoms with Crippen LogP contribution in [0.4, 0.5) is 16.5 Å². The number of aryl methyl sites for hydroxylation is 2. The summed E-state index contributed by atoms with van der Waals surface area (Å²) in [6.45, 7) is 1.99. The third-order valence-corrected chi connectivity index (χ3v) is 4.57. The van der Waals surface area contributed by atoms with Crippen molar-refractivity contribution in [2.24, 2.45) is 17.3 Å². The van der Waals surface area contributed by atoms with Crippen molar-refractivity contribution in [3.05, 3.63) is 35.3 Å². The molecule has 0 aliphatic rings. The standard InChI is InChI=1S/C14H18N4O4S2/c1-11-10-12(17(2)6-8-22-24(19,20)21)4-5-13(11)15-16-14-18(3)7-9-23-14/h4-5,7,9-10H,6,8H2,1-3H3. The number of hydrogen-bond acceptors (Lipinski definition) is 8. The highest BCUT2D eigenvalue weighted by atomic mass is 32.3. The van der Waals surface area contributed by atoms with Crippen molar-refractivity contribution < 1.29 is 21.7 Å². The topological polar surface area (TPSA) is 98.3 Å². The Balaban J connectivity index is 2.03. The van der Waals surface area contributed by atoms with Gasteiger partial charge in [0.1, 0.15) is 11.9 Å². The summed E-state index contributed by atoms with van der Waals surface area (Å²) in [6, 6.07) is 5.60. The van der Waals surface area contributed by atoms with E-state index in [2.05, 4.69) is 14.4 Å². The summed E-state index contributed by atoms with van der Waals surface area (Å²) in [5, 5.41) is 11.2. The van der Waals surface area contributed by atoms with Gasteiger partial charge in [-0.05, 0) is 47.1 Å². The lowest BCUT2D eigenvalue weighted by atomic mass is 10.1. The molecule has 0 spiro atoms. The Morgan fingerprint density at radius 2 is 2.12 bits per heavy atom. The van der Waals surface area contributed by atoms with Crippen molar-refractivity contribution >= 4 is 38.2 Å². The van der Waals surface area contributed by atoms with Gasteiger partial charge in [-0.1, -0.05) is 0 Å². The fourth-order valence-electron chi connectivity index (χ4n) is 1.91. The maximum atomic E-state index is 10.4. The van der Waals surface area contributed by atoms with Gasteiger partial charge in [0, 0.05) is 24.7 Å². The van der Waals surface area contributed by atoms with Crippen molar-refractivity contribution in [2.75, 3.05) is 25.1 Å². The largest absolute Gasteiger partial charge is 0.726 e. The Kier molecular flexibility index (Phi) is 5.99. The van der Waals surface area contributed by atoms with Crippen LogP contribution in [0, 0.1) is 6.92 Å². The van der Waals surface area contributed by atoms with Crippen molar-refractivity contribution in [1.29, 1.82) is 0 Å². The van der Waals surface area contributed by atoms with Crippen molar-refractivity contribution in [2.45, 2.75) is 6.92 Å².